The second kappa shape index (κ2) is 5.53. The first-order valence-corrected chi connectivity index (χ1v) is 6.57. The molecule has 96 valence electrons. The van der Waals surface area contributed by atoms with E-state index in [9.17, 15) is 4.79 Å². The number of nitrogens with zero attached hydrogens (tertiary/aromatic N) is 2. The van der Waals surface area contributed by atoms with Gasteiger partial charge in [0.25, 0.3) is 0 Å². The van der Waals surface area contributed by atoms with E-state index in [1.807, 2.05) is 18.7 Å². The lowest BCUT2D eigenvalue weighted by atomic mass is 9.81. The van der Waals surface area contributed by atoms with Crippen molar-refractivity contribution in [2.45, 2.75) is 59.4 Å². The van der Waals surface area contributed by atoms with Gasteiger partial charge < -0.3 is 4.90 Å². The van der Waals surface area contributed by atoms with Gasteiger partial charge in [-0.05, 0) is 32.1 Å². The summed E-state index contributed by atoms with van der Waals surface area (Å²) in [6.45, 7) is 8.99. The van der Waals surface area contributed by atoms with Gasteiger partial charge in [-0.1, -0.05) is 20.3 Å². The number of nitriles is 1. The molecule has 0 spiro atoms. The van der Waals surface area contributed by atoms with E-state index >= 15 is 0 Å². The molecule has 0 aromatic heterocycles. The van der Waals surface area contributed by atoms with E-state index < -0.39 is 0 Å². The summed E-state index contributed by atoms with van der Waals surface area (Å²) in [5.74, 6) is 0.390. The van der Waals surface area contributed by atoms with Crippen LogP contribution in [0, 0.1) is 22.7 Å². The molecule has 17 heavy (non-hydrogen) atoms. The maximum absolute atomic E-state index is 12.5. The lowest BCUT2D eigenvalue weighted by molar-refractivity contribution is -0.140. The summed E-state index contributed by atoms with van der Waals surface area (Å²) < 4.78 is 0. The van der Waals surface area contributed by atoms with E-state index in [1.165, 1.54) is 0 Å². The Balaban J connectivity index is 2.74. The van der Waals surface area contributed by atoms with Crippen molar-refractivity contribution in [3.8, 4) is 6.07 Å². The summed E-state index contributed by atoms with van der Waals surface area (Å²) in [5, 5.41) is 8.66. The molecule has 0 radical (unpaired) electrons. The number of hydrogen-bond donors (Lipinski definition) is 0. The van der Waals surface area contributed by atoms with Gasteiger partial charge in [0.2, 0.25) is 5.91 Å². The minimum absolute atomic E-state index is 0.122. The Hall–Kier alpha value is -1.04. The van der Waals surface area contributed by atoms with Crippen molar-refractivity contribution in [3.05, 3.63) is 0 Å². The quantitative estimate of drug-likeness (QED) is 0.753. The number of carbonyl (C=O) groups is 1. The molecule has 1 aliphatic rings. The van der Waals surface area contributed by atoms with Gasteiger partial charge in [0.1, 0.15) is 0 Å². The van der Waals surface area contributed by atoms with Crippen LogP contribution in [0.25, 0.3) is 0 Å². The third-order valence-corrected chi connectivity index (χ3v) is 3.93. The van der Waals surface area contributed by atoms with Crippen LogP contribution in [0.4, 0.5) is 0 Å². The molecule has 3 heteroatoms. The van der Waals surface area contributed by atoms with Gasteiger partial charge in [-0.2, -0.15) is 5.26 Å². The summed E-state index contributed by atoms with van der Waals surface area (Å²) in [6, 6.07) is 2.31. The fourth-order valence-corrected chi connectivity index (χ4v) is 2.78. The lowest BCUT2D eigenvalue weighted by Gasteiger charge is -2.34. The summed E-state index contributed by atoms with van der Waals surface area (Å²) in [5.41, 5.74) is 0.122. The van der Waals surface area contributed by atoms with Gasteiger partial charge in [-0.15, -0.1) is 0 Å². The molecule has 0 N–H and O–H groups in total. The van der Waals surface area contributed by atoms with Crippen LogP contribution in [0.3, 0.4) is 0 Å². The Morgan fingerprint density at radius 2 is 2.18 bits per heavy atom. The molecule has 1 fully saturated rings. The van der Waals surface area contributed by atoms with Gasteiger partial charge in [-0.25, -0.2) is 0 Å². The molecule has 1 saturated carbocycles. The van der Waals surface area contributed by atoms with Crippen LogP contribution in [0.2, 0.25) is 0 Å². The topological polar surface area (TPSA) is 44.1 Å². The summed E-state index contributed by atoms with van der Waals surface area (Å²) in [4.78, 5) is 14.4. The van der Waals surface area contributed by atoms with Crippen LogP contribution in [-0.2, 0) is 4.79 Å². The fourth-order valence-electron chi connectivity index (χ4n) is 2.78. The molecule has 0 aliphatic heterocycles. The first-order chi connectivity index (χ1) is 7.90. The van der Waals surface area contributed by atoms with Crippen LogP contribution in [0.1, 0.15) is 53.4 Å². The fraction of sp³-hybridized carbons (Fsp3) is 0.857. The van der Waals surface area contributed by atoms with Crippen molar-refractivity contribution < 1.29 is 4.79 Å². The third kappa shape index (κ3) is 3.21. The first kappa shape index (κ1) is 14.0. The van der Waals surface area contributed by atoms with Crippen molar-refractivity contribution in [2.75, 3.05) is 6.54 Å². The summed E-state index contributed by atoms with van der Waals surface area (Å²) >= 11 is 0. The Bertz CT molecular complexity index is 315. The van der Waals surface area contributed by atoms with Crippen molar-refractivity contribution in [3.63, 3.8) is 0 Å². The molecule has 1 amide bonds. The highest BCUT2D eigenvalue weighted by atomic mass is 16.2. The van der Waals surface area contributed by atoms with Gasteiger partial charge >= 0.3 is 0 Å². The van der Waals surface area contributed by atoms with Gasteiger partial charge in [0, 0.05) is 18.5 Å². The predicted octanol–water partition coefficient (Wildman–Crippen LogP) is 2.96. The zero-order valence-corrected chi connectivity index (χ0v) is 11.5. The van der Waals surface area contributed by atoms with Crippen LogP contribution >= 0.6 is 0 Å². The van der Waals surface area contributed by atoms with Crippen molar-refractivity contribution in [1.82, 2.24) is 4.90 Å². The van der Waals surface area contributed by atoms with E-state index in [-0.39, 0.29) is 23.3 Å². The third-order valence-electron chi connectivity index (χ3n) is 3.93. The lowest BCUT2D eigenvalue weighted by Crippen LogP contribution is -2.44. The average Bonchev–Trinajstić information content (AvgIpc) is 2.57. The molecule has 0 saturated heterocycles. The standard InChI is InChI=1S/C14H24N2O/c1-11(2)16(10-6-9-15)13(17)12-7-5-8-14(12,3)4/h11-12H,5-8,10H2,1-4H3. The molecular formula is C14H24N2O. The Morgan fingerprint density at radius 1 is 1.53 bits per heavy atom. The van der Waals surface area contributed by atoms with Crippen molar-refractivity contribution in [1.29, 1.82) is 5.26 Å². The van der Waals surface area contributed by atoms with Gasteiger partial charge in [-0.3, -0.25) is 4.79 Å². The van der Waals surface area contributed by atoms with Gasteiger partial charge in [0.15, 0.2) is 0 Å². The predicted molar refractivity (Wildman–Crippen MR) is 68.2 cm³/mol. The molecule has 1 rings (SSSR count). The zero-order valence-electron chi connectivity index (χ0n) is 11.5. The maximum Gasteiger partial charge on any atom is 0.226 e. The summed E-state index contributed by atoms with van der Waals surface area (Å²) in [7, 11) is 0. The maximum atomic E-state index is 12.5. The Kier molecular flexibility index (Phi) is 4.56. The van der Waals surface area contributed by atoms with Crippen molar-refractivity contribution >= 4 is 5.91 Å². The van der Waals surface area contributed by atoms with Crippen LogP contribution in [0.15, 0.2) is 0 Å². The number of amides is 1. The number of carbonyl (C=O) groups excluding carboxylic acids is 1. The molecule has 1 atom stereocenters. The number of rotatable bonds is 4. The normalized spacial score (nSPS) is 22.5. The van der Waals surface area contributed by atoms with E-state index in [1.54, 1.807) is 0 Å². The second-order valence-corrected chi connectivity index (χ2v) is 5.97. The minimum atomic E-state index is 0.122. The Morgan fingerprint density at radius 3 is 2.59 bits per heavy atom. The second-order valence-electron chi connectivity index (χ2n) is 5.97. The minimum Gasteiger partial charge on any atom is -0.339 e. The molecule has 3 nitrogen and oxygen atoms in total. The highest BCUT2D eigenvalue weighted by Gasteiger charge is 2.41. The number of hydrogen-bond acceptors (Lipinski definition) is 2. The Labute approximate surface area is 105 Å². The van der Waals surface area contributed by atoms with E-state index in [0.717, 1.165) is 19.3 Å². The van der Waals surface area contributed by atoms with E-state index in [0.29, 0.717) is 13.0 Å². The molecule has 0 bridgehead atoms. The average molecular weight is 236 g/mol. The summed E-state index contributed by atoms with van der Waals surface area (Å²) in [6.07, 6.45) is 3.71. The van der Waals surface area contributed by atoms with Crippen LogP contribution in [0.5, 0.6) is 0 Å². The highest BCUT2D eigenvalue weighted by molar-refractivity contribution is 5.80. The smallest absolute Gasteiger partial charge is 0.226 e. The van der Waals surface area contributed by atoms with Gasteiger partial charge in [0.05, 0.1) is 12.5 Å². The monoisotopic (exact) mass is 236 g/mol. The first-order valence-electron chi connectivity index (χ1n) is 6.57. The van der Waals surface area contributed by atoms with E-state index in [2.05, 4.69) is 19.9 Å². The van der Waals surface area contributed by atoms with Crippen LogP contribution in [-0.4, -0.2) is 23.4 Å². The highest BCUT2D eigenvalue weighted by Crippen LogP contribution is 2.43. The van der Waals surface area contributed by atoms with Crippen LogP contribution < -0.4 is 0 Å². The molecule has 1 aliphatic carbocycles. The van der Waals surface area contributed by atoms with E-state index in [4.69, 9.17) is 5.26 Å². The molecule has 0 heterocycles. The SMILES string of the molecule is CC(C)N(CCC#N)C(=O)C1CCCC1(C)C. The molecule has 0 aromatic carbocycles. The van der Waals surface area contributed by atoms with Crippen molar-refractivity contribution in [2.24, 2.45) is 11.3 Å². The molecular weight excluding hydrogens is 212 g/mol. The largest absolute Gasteiger partial charge is 0.339 e. The molecule has 0 aromatic rings. The molecule has 1 unspecified atom stereocenters. The zero-order chi connectivity index (χ0) is 13.1.